The molecule has 0 saturated heterocycles. The first-order chi connectivity index (χ1) is 12.4. The Hall–Kier alpha value is -3.22. The van der Waals surface area contributed by atoms with Crippen molar-refractivity contribution in [1.82, 2.24) is 0 Å². The topological polar surface area (TPSA) is 95.7 Å². The number of nitro groups is 1. The third-order valence-electron chi connectivity index (χ3n) is 3.64. The summed E-state index contributed by atoms with van der Waals surface area (Å²) in [4.78, 5) is 34.9. The fraction of sp³-hybridized carbons (Fsp3) is 0.263. The molecule has 0 N–H and O–H groups in total. The van der Waals surface area contributed by atoms with E-state index in [0.717, 1.165) is 0 Å². The minimum Gasteiger partial charge on any atom is -0.462 e. The fourth-order valence-corrected chi connectivity index (χ4v) is 2.28. The van der Waals surface area contributed by atoms with Crippen molar-refractivity contribution >= 4 is 17.6 Å². The summed E-state index contributed by atoms with van der Waals surface area (Å²) in [5, 5.41) is 11.0. The van der Waals surface area contributed by atoms with E-state index in [9.17, 15) is 19.7 Å². The van der Waals surface area contributed by atoms with Gasteiger partial charge in [0.15, 0.2) is 0 Å². The lowest BCUT2D eigenvalue weighted by Crippen LogP contribution is -2.14. The molecule has 0 aliphatic rings. The van der Waals surface area contributed by atoms with Gasteiger partial charge in [-0.05, 0) is 31.0 Å². The molecule has 0 amide bonds. The maximum Gasteiger partial charge on any atom is 0.339 e. The van der Waals surface area contributed by atoms with Crippen LogP contribution in [-0.4, -0.2) is 23.5 Å². The number of carbonyl (C=O) groups excluding carboxylic acids is 2. The van der Waals surface area contributed by atoms with Gasteiger partial charge in [-0.15, -0.1) is 0 Å². The minimum absolute atomic E-state index is 0.0397. The highest BCUT2D eigenvalue weighted by molar-refractivity contribution is 6.03. The van der Waals surface area contributed by atoms with E-state index >= 15 is 0 Å². The van der Waals surface area contributed by atoms with Crippen LogP contribution in [0.4, 0.5) is 5.69 Å². The molecule has 7 nitrogen and oxygen atoms in total. The quantitative estimate of drug-likeness (QED) is 0.424. The Kier molecular flexibility index (Phi) is 6.43. The van der Waals surface area contributed by atoms with Gasteiger partial charge in [-0.25, -0.2) is 9.59 Å². The lowest BCUT2D eigenvalue weighted by Gasteiger charge is -2.10. The van der Waals surface area contributed by atoms with Crippen LogP contribution in [0.3, 0.4) is 0 Å². The van der Waals surface area contributed by atoms with Crippen molar-refractivity contribution in [3.63, 3.8) is 0 Å². The molecule has 0 bridgehead atoms. The average Bonchev–Trinajstić information content (AvgIpc) is 2.64. The van der Waals surface area contributed by atoms with Crippen LogP contribution in [0.2, 0.25) is 0 Å². The molecule has 0 saturated carbocycles. The van der Waals surface area contributed by atoms with E-state index in [2.05, 4.69) is 0 Å². The SMILES string of the molecule is CCCOC(=O)c1ccccc1C(=O)OCc1ccc(C)c([N+](=O)[O-])c1. The van der Waals surface area contributed by atoms with Gasteiger partial charge in [0.2, 0.25) is 0 Å². The van der Waals surface area contributed by atoms with Crippen LogP contribution < -0.4 is 0 Å². The van der Waals surface area contributed by atoms with Crippen LogP contribution in [-0.2, 0) is 16.1 Å². The van der Waals surface area contributed by atoms with Gasteiger partial charge in [0.25, 0.3) is 5.69 Å². The fourth-order valence-electron chi connectivity index (χ4n) is 2.28. The highest BCUT2D eigenvalue weighted by Gasteiger charge is 2.19. The van der Waals surface area contributed by atoms with Gasteiger partial charge in [-0.1, -0.05) is 31.2 Å². The summed E-state index contributed by atoms with van der Waals surface area (Å²) < 4.78 is 10.3. The van der Waals surface area contributed by atoms with E-state index in [-0.39, 0.29) is 30.0 Å². The van der Waals surface area contributed by atoms with E-state index in [1.807, 2.05) is 6.92 Å². The number of nitrogens with zero attached hydrogens (tertiary/aromatic N) is 1. The van der Waals surface area contributed by atoms with Crippen LogP contribution in [0.5, 0.6) is 0 Å². The van der Waals surface area contributed by atoms with Crippen LogP contribution in [0, 0.1) is 17.0 Å². The second kappa shape index (κ2) is 8.75. The molecule has 0 unspecified atom stereocenters. The zero-order valence-corrected chi connectivity index (χ0v) is 14.6. The smallest absolute Gasteiger partial charge is 0.339 e. The Morgan fingerprint density at radius 3 is 2.23 bits per heavy atom. The molecule has 0 atom stereocenters. The largest absolute Gasteiger partial charge is 0.462 e. The minimum atomic E-state index is -0.697. The summed E-state index contributed by atoms with van der Waals surface area (Å²) in [7, 11) is 0. The third-order valence-corrected chi connectivity index (χ3v) is 3.64. The number of rotatable bonds is 7. The molecule has 0 aromatic heterocycles. The predicted octanol–water partition coefficient (Wildman–Crippen LogP) is 3.83. The van der Waals surface area contributed by atoms with Gasteiger partial charge in [0, 0.05) is 11.6 Å². The third kappa shape index (κ3) is 4.66. The highest BCUT2D eigenvalue weighted by atomic mass is 16.6. The molecule has 2 aromatic rings. The molecular formula is C19H19NO6. The molecule has 136 valence electrons. The molecule has 0 aliphatic heterocycles. The zero-order chi connectivity index (χ0) is 19.1. The van der Waals surface area contributed by atoms with Gasteiger partial charge in [0.05, 0.1) is 22.7 Å². The van der Waals surface area contributed by atoms with Gasteiger partial charge in [-0.2, -0.15) is 0 Å². The molecule has 0 spiro atoms. The highest BCUT2D eigenvalue weighted by Crippen LogP contribution is 2.20. The molecule has 0 radical (unpaired) electrons. The van der Waals surface area contributed by atoms with Crippen LogP contribution >= 0.6 is 0 Å². The summed E-state index contributed by atoms with van der Waals surface area (Å²) in [6.07, 6.45) is 0.671. The Balaban J connectivity index is 2.13. The van der Waals surface area contributed by atoms with Gasteiger partial charge < -0.3 is 9.47 Å². The van der Waals surface area contributed by atoms with E-state index in [1.165, 1.54) is 18.2 Å². The normalized spacial score (nSPS) is 10.2. The van der Waals surface area contributed by atoms with E-state index in [1.54, 1.807) is 31.2 Å². The number of benzene rings is 2. The Morgan fingerprint density at radius 2 is 1.65 bits per heavy atom. The summed E-state index contributed by atoms with van der Waals surface area (Å²) >= 11 is 0. The number of aryl methyl sites for hydroxylation is 1. The van der Waals surface area contributed by atoms with E-state index < -0.39 is 16.9 Å². The second-order valence-corrected chi connectivity index (χ2v) is 5.64. The number of carbonyl (C=O) groups is 2. The summed E-state index contributed by atoms with van der Waals surface area (Å²) in [5.41, 5.74) is 1.19. The Bertz CT molecular complexity index is 831. The van der Waals surface area contributed by atoms with Crippen LogP contribution in [0.15, 0.2) is 42.5 Å². The summed E-state index contributed by atoms with van der Waals surface area (Å²) in [6, 6.07) is 10.8. The summed E-state index contributed by atoms with van der Waals surface area (Å²) in [5.74, 6) is -1.29. The first kappa shape index (κ1) is 19.1. The van der Waals surface area contributed by atoms with Crippen molar-refractivity contribution in [2.45, 2.75) is 26.9 Å². The number of hydrogen-bond acceptors (Lipinski definition) is 6. The first-order valence-corrected chi connectivity index (χ1v) is 8.11. The maximum absolute atomic E-state index is 12.3. The zero-order valence-electron chi connectivity index (χ0n) is 14.6. The second-order valence-electron chi connectivity index (χ2n) is 5.64. The molecule has 26 heavy (non-hydrogen) atoms. The van der Waals surface area contributed by atoms with Crippen molar-refractivity contribution in [3.8, 4) is 0 Å². The van der Waals surface area contributed by atoms with E-state index in [4.69, 9.17) is 9.47 Å². The first-order valence-electron chi connectivity index (χ1n) is 8.11. The van der Waals surface area contributed by atoms with Crippen molar-refractivity contribution in [2.75, 3.05) is 6.61 Å². The van der Waals surface area contributed by atoms with Crippen molar-refractivity contribution < 1.29 is 24.0 Å². The van der Waals surface area contributed by atoms with Crippen molar-refractivity contribution in [3.05, 3.63) is 74.8 Å². The van der Waals surface area contributed by atoms with Crippen LogP contribution in [0.25, 0.3) is 0 Å². The lowest BCUT2D eigenvalue weighted by molar-refractivity contribution is -0.385. The monoisotopic (exact) mass is 357 g/mol. The number of ether oxygens (including phenoxy) is 2. The van der Waals surface area contributed by atoms with Gasteiger partial charge >= 0.3 is 11.9 Å². The molecule has 0 aliphatic carbocycles. The predicted molar refractivity (Wildman–Crippen MR) is 94.0 cm³/mol. The van der Waals surface area contributed by atoms with E-state index in [0.29, 0.717) is 17.5 Å². The van der Waals surface area contributed by atoms with Crippen molar-refractivity contribution in [2.24, 2.45) is 0 Å². The molecule has 7 heteroatoms. The van der Waals surface area contributed by atoms with Crippen LogP contribution in [0.1, 0.15) is 45.2 Å². The molecule has 2 aromatic carbocycles. The Labute approximate surface area is 150 Å². The maximum atomic E-state index is 12.3. The Morgan fingerprint density at radius 1 is 1.04 bits per heavy atom. The molecule has 0 fully saturated rings. The number of esters is 2. The number of nitro benzene ring substituents is 1. The lowest BCUT2D eigenvalue weighted by atomic mass is 10.1. The van der Waals surface area contributed by atoms with Gasteiger partial charge in [-0.3, -0.25) is 10.1 Å². The average molecular weight is 357 g/mol. The van der Waals surface area contributed by atoms with Gasteiger partial charge in [0.1, 0.15) is 6.61 Å². The molecule has 0 heterocycles. The number of hydrogen-bond donors (Lipinski definition) is 0. The van der Waals surface area contributed by atoms with Crippen molar-refractivity contribution in [1.29, 1.82) is 0 Å². The molecular weight excluding hydrogens is 338 g/mol. The molecule has 2 rings (SSSR count). The summed E-state index contributed by atoms with van der Waals surface area (Å²) in [6.45, 7) is 3.62. The standard InChI is InChI=1S/C19H19NO6/c1-3-10-25-18(21)15-6-4-5-7-16(15)19(22)26-12-14-9-8-13(2)17(11-14)20(23)24/h4-9,11H,3,10,12H2,1-2H3.